The fourth-order valence-electron chi connectivity index (χ4n) is 3.85. The zero-order chi connectivity index (χ0) is 29.5. The monoisotopic (exact) mass is 696 g/mol. The summed E-state index contributed by atoms with van der Waals surface area (Å²) in [5.74, 6) is 0.350. The van der Waals surface area contributed by atoms with E-state index in [1.54, 1.807) is 55.6 Å². The van der Waals surface area contributed by atoms with Crippen LogP contribution in [-0.4, -0.2) is 53.1 Å². The number of aliphatic hydroxyl groups is 1. The number of rotatable bonds is 11. The van der Waals surface area contributed by atoms with Gasteiger partial charge in [0.2, 0.25) is 11.8 Å². The van der Waals surface area contributed by atoms with Gasteiger partial charge in [0.25, 0.3) is 0 Å². The third-order valence-corrected chi connectivity index (χ3v) is 7.80. The summed E-state index contributed by atoms with van der Waals surface area (Å²) in [4.78, 5) is 31.1. The van der Waals surface area contributed by atoms with Crippen molar-refractivity contribution >= 4 is 80.8 Å². The minimum atomic E-state index is -0.432. The fourth-order valence-corrected chi connectivity index (χ4v) is 4.83. The van der Waals surface area contributed by atoms with Gasteiger partial charge in [-0.25, -0.2) is 4.98 Å². The van der Waals surface area contributed by atoms with E-state index in [1.807, 2.05) is 23.6 Å². The minimum absolute atomic E-state index is 0. The molecule has 2 N–H and O–H groups in total. The predicted octanol–water partition coefficient (Wildman–Crippen LogP) is 5.88. The summed E-state index contributed by atoms with van der Waals surface area (Å²) in [6.45, 7) is 1.83. The number of carbonyl (C=O) groups excluding carboxylic acids is 2. The third kappa shape index (κ3) is 7.96. The summed E-state index contributed by atoms with van der Waals surface area (Å²) < 4.78 is 14.0. The van der Waals surface area contributed by atoms with Crippen molar-refractivity contribution in [3.8, 4) is 11.5 Å². The van der Waals surface area contributed by atoms with Crippen molar-refractivity contribution in [1.29, 1.82) is 0 Å². The molecule has 0 atom stereocenters. The second-order valence-electron chi connectivity index (χ2n) is 8.85. The number of imidazole rings is 1. The van der Waals surface area contributed by atoms with Gasteiger partial charge in [-0.15, -0.1) is 12.4 Å². The molecule has 0 fully saturated rings. The first-order chi connectivity index (χ1) is 19.7. The lowest BCUT2D eigenvalue weighted by molar-refractivity contribution is -0.122. The second-order valence-corrected chi connectivity index (χ2v) is 10.4. The molecule has 0 unspecified atom stereocenters. The Morgan fingerprint density at radius 2 is 1.88 bits per heavy atom. The van der Waals surface area contributed by atoms with Gasteiger partial charge < -0.3 is 24.8 Å². The Balaban J connectivity index is 0.00000484. The number of anilines is 1. The van der Waals surface area contributed by atoms with E-state index in [9.17, 15) is 9.59 Å². The first-order valence-corrected chi connectivity index (χ1v) is 14.0. The van der Waals surface area contributed by atoms with Crippen molar-refractivity contribution < 1.29 is 24.2 Å². The number of ether oxygens (including phenoxy) is 2. The average molecular weight is 699 g/mol. The normalized spacial score (nSPS) is 10.9. The number of likely N-dealkylation sites (N-methyl/N-ethyl adjacent to an activating group) is 1. The number of nitrogens with one attached hydrogen (secondary N) is 1. The first-order valence-electron chi connectivity index (χ1n) is 12.5. The molecule has 2 amide bonds. The molecule has 42 heavy (non-hydrogen) atoms. The van der Waals surface area contributed by atoms with E-state index >= 15 is 0 Å². The highest BCUT2D eigenvalue weighted by Crippen LogP contribution is 2.35. The molecule has 13 heteroatoms. The molecule has 0 spiro atoms. The molecule has 0 bridgehead atoms. The fraction of sp³-hybridized carbons (Fsp3) is 0.207. The number of halogens is 4. The lowest BCUT2D eigenvalue weighted by Gasteiger charge is -2.21. The molecule has 0 aliphatic heterocycles. The Bertz CT molecular complexity index is 1590. The first kappa shape index (κ1) is 33.2. The van der Waals surface area contributed by atoms with Crippen molar-refractivity contribution in [2.24, 2.45) is 0 Å². The molecule has 4 aromatic rings. The summed E-state index contributed by atoms with van der Waals surface area (Å²) in [7, 11) is 1.57. The highest BCUT2D eigenvalue weighted by Gasteiger charge is 2.19. The number of pyridine rings is 1. The molecule has 222 valence electrons. The highest BCUT2D eigenvalue weighted by atomic mass is 79.9. The van der Waals surface area contributed by atoms with Gasteiger partial charge >= 0.3 is 0 Å². The molecule has 2 aromatic carbocycles. The second kappa shape index (κ2) is 15.3. The van der Waals surface area contributed by atoms with Gasteiger partial charge in [-0.2, -0.15) is 0 Å². The number of nitrogens with zero attached hydrogens (tertiary/aromatic N) is 3. The van der Waals surface area contributed by atoms with Crippen LogP contribution in [0.1, 0.15) is 16.8 Å². The van der Waals surface area contributed by atoms with Crippen molar-refractivity contribution in [1.82, 2.24) is 14.7 Å². The largest absolute Gasteiger partial charge is 0.491 e. The molecule has 0 aliphatic rings. The van der Waals surface area contributed by atoms with Crippen LogP contribution in [0.4, 0.5) is 5.69 Å². The zero-order valence-electron chi connectivity index (χ0n) is 22.6. The van der Waals surface area contributed by atoms with Gasteiger partial charge in [-0.1, -0.05) is 35.3 Å². The van der Waals surface area contributed by atoms with E-state index in [2.05, 4.69) is 26.2 Å². The molecule has 2 heterocycles. The number of aromatic nitrogens is 2. The van der Waals surface area contributed by atoms with Crippen LogP contribution < -0.4 is 19.7 Å². The summed E-state index contributed by atoms with van der Waals surface area (Å²) >= 11 is 16.6. The lowest BCUT2D eigenvalue weighted by atomic mass is 10.2. The number of amides is 2. The van der Waals surface area contributed by atoms with E-state index < -0.39 is 5.91 Å². The number of fused-ring (bicyclic) bond motifs is 1. The molecule has 9 nitrogen and oxygen atoms in total. The summed E-state index contributed by atoms with van der Waals surface area (Å²) in [6, 6.07) is 13.9. The number of benzene rings is 2. The number of hydrogen-bond acceptors (Lipinski definition) is 6. The molecule has 0 radical (unpaired) electrons. The molecule has 0 aliphatic carbocycles. The summed E-state index contributed by atoms with van der Waals surface area (Å²) in [5, 5.41) is 12.1. The van der Waals surface area contributed by atoms with Crippen LogP contribution in [0.15, 0.2) is 65.4 Å². The van der Waals surface area contributed by atoms with Crippen LogP contribution in [0, 0.1) is 6.92 Å². The Labute approximate surface area is 267 Å². The SMILES string of the molecule is Cc1nc2c(OCc3c(Cl)ccc(N(C)C(=O)CNC(=O)C=Cc4ccc(OCCO)cc4)c3Cl)cccn2c1Br.Cl. The topological polar surface area (TPSA) is 105 Å². The Kier molecular flexibility index (Phi) is 12.1. The molecule has 0 saturated carbocycles. The standard InChI is InChI=1S/C29H27BrCl2N4O5.ClH/c1-18-28(30)36-13-3-4-24(29(36)34-18)41-17-21-22(31)10-11-23(27(21)32)35(2)26(39)16-33-25(38)12-7-19-5-8-20(9-6-19)40-15-14-37;/h3-13,37H,14-17H2,1-2H3,(H,33,38);1H. The number of carbonyl (C=O) groups is 2. The van der Waals surface area contributed by atoms with E-state index in [4.69, 9.17) is 37.8 Å². The van der Waals surface area contributed by atoms with Crippen molar-refractivity contribution in [2.45, 2.75) is 13.5 Å². The van der Waals surface area contributed by atoms with E-state index in [0.29, 0.717) is 33.4 Å². The maximum Gasteiger partial charge on any atom is 0.246 e. The smallest absolute Gasteiger partial charge is 0.246 e. The van der Waals surface area contributed by atoms with E-state index in [0.717, 1.165) is 15.9 Å². The van der Waals surface area contributed by atoms with Gasteiger partial charge in [-0.05, 0) is 70.9 Å². The molecular formula is C29H28BrCl3N4O5. The van der Waals surface area contributed by atoms with Crippen molar-refractivity contribution in [3.63, 3.8) is 0 Å². The van der Waals surface area contributed by atoms with Crippen LogP contribution >= 0.6 is 51.5 Å². The van der Waals surface area contributed by atoms with E-state index in [-0.39, 0.29) is 49.7 Å². The summed E-state index contributed by atoms with van der Waals surface area (Å²) in [6.07, 6.45) is 4.82. The van der Waals surface area contributed by atoms with Crippen LogP contribution in [0.5, 0.6) is 11.5 Å². The van der Waals surface area contributed by atoms with Crippen molar-refractivity contribution in [2.75, 3.05) is 31.7 Å². The molecular weight excluding hydrogens is 671 g/mol. The van der Waals surface area contributed by atoms with E-state index in [1.165, 1.54) is 11.0 Å². The Morgan fingerprint density at radius 3 is 2.60 bits per heavy atom. The molecule has 2 aromatic heterocycles. The maximum atomic E-state index is 12.9. The summed E-state index contributed by atoms with van der Waals surface area (Å²) in [5.41, 5.74) is 3.16. The average Bonchev–Trinajstić information content (AvgIpc) is 3.27. The quantitative estimate of drug-likeness (QED) is 0.190. The van der Waals surface area contributed by atoms with Crippen LogP contribution in [0.3, 0.4) is 0 Å². The highest BCUT2D eigenvalue weighted by molar-refractivity contribution is 9.10. The molecule has 4 rings (SSSR count). The number of aliphatic hydroxyl groups excluding tert-OH is 1. The lowest BCUT2D eigenvalue weighted by Crippen LogP contribution is -2.37. The predicted molar refractivity (Wildman–Crippen MR) is 170 cm³/mol. The zero-order valence-corrected chi connectivity index (χ0v) is 26.6. The van der Waals surface area contributed by atoms with Gasteiger partial charge in [-0.3, -0.25) is 14.0 Å². The number of aryl methyl sites for hydroxylation is 1. The van der Waals surface area contributed by atoms with Crippen LogP contribution in [0.2, 0.25) is 10.0 Å². The Morgan fingerprint density at radius 1 is 1.14 bits per heavy atom. The van der Waals surface area contributed by atoms with Crippen LogP contribution in [-0.2, 0) is 16.2 Å². The van der Waals surface area contributed by atoms with Gasteiger partial charge in [0.1, 0.15) is 23.6 Å². The van der Waals surface area contributed by atoms with Gasteiger partial charge in [0.15, 0.2) is 11.4 Å². The van der Waals surface area contributed by atoms with Gasteiger partial charge in [0, 0.05) is 29.9 Å². The Hall–Kier alpha value is -3.28. The van der Waals surface area contributed by atoms with Gasteiger partial charge in [0.05, 0.1) is 29.6 Å². The maximum absolute atomic E-state index is 12.9. The number of hydrogen-bond donors (Lipinski definition) is 2. The van der Waals surface area contributed by atoms with Crippen molar-refractivity contribution in [3.05, 3.63) is 92.3 Å². The third-order valence-electron chi connectivity index (χ3n) is 6.07. The minimum Gasteiger partial charge on any atom is -0.491 e. The van der Waals surface area contributed by atoms with Crippen LogP contribution in [0.25, 0.3) is 11.7 Å². The molecule has 0 saturated heterocycles.